The van der Waals surface area contributed by atoms with Gasteiger partial charge in [0.2, 0.25) is 0 Å². The molecular formula is C16H14Br4O5Te2. The summed E-state index contributed by atoms with van der Waals surface area (Å²) in [5.41, 5.74) is 0.852. The number of ether oxygens (including phenoxy) is 2. The van der Waals surface area contributed by atoms with Crippen LogP contribution in [0.4, 0.5) is 0 Å². The zero-order valence-electron chi connectivity index (χ0n) is 14.0. The molecule has 2 aromatic carbocycles. The maximum atomic E-state index is 12.1. The average molecular weight is 861 g/mol. The van der Waals surface area contributed by atoms with Crippen molar-refractivity contribution in [2.75, 3.05) is 14.2 Å². The van der Waals surface area contributed by atoms with Crippen LogP contribution in [0.15, 0.2) is 48.5 Å². The second-order valence-electron chi connectivity index (χ2n) is 4.89. The van der Waals surface area contributed by atoms with Crippen LogP contribution in [0.25, 0.3) is 0 Å². The van der Waals surface area contributed by atoms with Crippen LogP contribution < -0.4 is 7.22 Å². The molecule has 2 rings (SSSR count). The third kappa shape index (κ3) is 5.93. The van der Waals surface area contributed by atoms with E-state index in [9.17, 15) is 9.59 Å². The van der Waals surface area contributed by atoms with Crippen LogP contribution in [0.2, 0.25) is 0 Å². The topological polar surface area (TPSA) is 61.8 Å². The van der Waals surface area contributed by atoms with Gasteiger partial charge in [0, 0.05) is 0 Å². The number of carbonyl (C=O) groups is 2. The normalized spacial score (nSPS) is 13.0. The maximum absolute atomic E-state index is 12.1. The molecule has 0 bridgehead atoms. The van der Waals surface area contributed by atoms with Crippen molar-refractivity contribution in [2.24, 2.45) is 0 Å². The first kappa shape index (κ1) is 24.1. The third-order valence-electron chi connectivity index (χ3n) is 3.27. The summed E-state index contributed by atoms with van der Waals surface area (Å²) in [7, 11) is 2.67. The molecule has 2 aromatic rings. The number of benzene rings is 2. The Morgan fingerprint density at radius 2 is 1.04 bits per heavy atom. The molecule has 148 valence electrons. The summed E-state index contributed by atoms with van der Waals surface area (Å²) in [6, 6.07) is 14.2. The third-order valence-corrected chi connectivity index (χ3v) is 44.5. The van der Waals surface area contributed by atoms with Gasteiger partial charge in [-0.15, -0.1) is 0 Å². The van der Waals surface area contributed by atoms with Gasteiger partial charge in [0.05, 0.1) is 0 Å². The van der Waals surface area contributed by atoms with Crippen molar-refractivity contribution in [1.29, 1.82) is 0 Å². The molecule has 0 aliphatic heterocycles. The fourth-order valence-corrected chi connectivity index (χ4v) is 76.5. The summed E-state index contributed by atoms with van der Waals surface area (Å²) in [6.07, 6.45) is 0. The van der Waals surface area contributed by atoms with Gasteiger partial charge in [0.1, 0.15) is 0 Å². The number of carbonyl (C=O) groups excluding carboxylic acids is 2. The molecule has 0 aromatic heterocycles. The van der Waals surface area contributed by atoms with E-state index >= 15 is 0 Å². The number of methoxy groups -OCH3 is 2. The number of halogens is 4. The van der Waals surface area contributed by atoms with Crippen LogP contribution in [0.1, 0.15) is 20.7 Å². The molecule has 0 amide bonds. The minimum absolute atomic E-state index is 0.426. The van der Waals surface area contributed by atoms with E-state index in [-0.39, 0.29) is 0 Å². The second-order valence-corrected chi connectivity index (χ2v) is 51.3. The number of rotatable bonds is 6. The zero-order chi connectivity index (χ0) is 20.2. The molecule has 27 heavy (non-hydrogen) atoms. The summed E-state index contributed by atoms with van der Waals surface area (Å²) in [5, 5.41) is 0. The van der Waals surface area contributed by atoms with E-state index in [4.69, 9.17) is 10.9 Å². The molecule has 0 radical (unpaired) electrons. The summed E-state index contributed by atoms with van der Waals surface area (Å²) < 4.78 is 17.7. The molecule has 0 aliphatic carbocycles. The van der Waals surface area contributed by atoms with E-state index in [1.807, 2.05) is 24.3 Å². The van der Waals surface area contributed by atoms with Crippen molar-refractivity contribution in [3.63, 3.8) is 0 Å². The van der Waals surface area contributed by atoms with Crippen molar-refractivity contribution in [1.82, 2.24) is 0 Å². The molecule has 11 heteroatoms. The molecule has 0 saturated heterocycles. The Kier molecular flexibility index (Phi) is 9.14. The Morgan fingerprint density at radius 3 is 1.37 bits per heavy atom. The summed E-state index contributed by atoms with van der Waals surface area (Å²) in [6.45, 7) is 0. The Morgan fingerprint density at radius 1 is 0.704 bits per heavy atom. The van der Waals surface area contributed by atoms with Gasteiger partial charge in [-0.2, -0.15) is 0 Å². The van der Waals surface area contributed by atoms with Crippen molar-refractivity contribution in [3.8, 4) is 0 Å². The van der Waals surface area contributed by atoms with Crippen LogP contribution in [-0.2, 0) is 10.9 Å². The van der Waals surface area contributed by atoms with Gasteiger partial charge >= 0.3 is 193 Å². The number of hydrogen-bond acceptors (Lipinski definition) is 5. The predicted molar refractivity (Wildman–Crippen MR) is 123 cm³/mol. The van der Waals surface area contributed by atoms with Crippen molar-refractivity contribution in [3.05, 3.63) is 59.7 Å². The van der Waals surface area contributed by atoms with Gasteiger partial charge in [0.25, 0.3) is 0 Å². The Labute approximate surface area is 190 Å². The van der Waals surface area contributed by atoms with E-state index in [2.05, 4.69) is 51.0 Å². The molecule has 0 N–H and O–H groups in total. The molecule has 0 fully saturated rings. The Balaban J connectivity index is 2.47. The molecule has 0 spiro atoms. The first-order valence-electron chi connectivity index (χ1n) is 7.15. The van der Waals surface area contributed by atoms with Gasteiger partial charge < -0.3 is 0 Å². The Hall–Kier alpha value is 0.839. The quantitative estimate of drug-likeness (QED) is 0.327. The molecular weight excluding hydrogens is 847 g/mol. The summed E-state index contributed by atoms with van der Waals surface area (Å²) >= 11 is 7.67. The van der Waals surface area contributed by atoms with E-state index in [0.29, 0.717) is 11.1 Å². The zero-order valence-corrected chi connectivity index (χ0v) is 25.0. The molecule has 0 aliphatic rings. The van der Waals surface area contributed by atoms with Crippen molar-refractivity contribution < 1.29 is 20.5 Å². The minimum atomic E-state index is -3.56. The first-order valence-corrected chi connectivity index (χ1v) is 32.3. The van der Waals surface area contributed by atoms with Crippen LogP contribution in [0.5, 0.6) is 0 Å². The van der Waals surface area contributed by atoms with E-state index < -0.39 is 40.3 Å². The van der Waals surface area contributed by atoms with Crippen molar-refractivity contribution in [2.45, 2.75) is 0 Å². The molecule has 0 heterocycles. The van der Waals surface area contributed by atoms with E-state index in [0.717, 1.165) is 7.22 Å². The van der Waals surface area contributed by atoms with Crippen LogP contribution in [-0.4, -0.2) is 54.5 Å². The fraction of sp³-hybridized carbons (Fsp3) is 0.125. The van der Waals surface area contributed by atoms with Gasteiger partial charge in [-0.1, -0.05) is 0 Å². The van der Waals surface area contributed by atoms with Gasteiger partial charge in [0.15, 0.2) is 0 Å². The first-order chi connectivity index (χ1) is 12.6. The molecule has 0 saturated carbocycles. The summed E-state index contributed by atoms with van der Waals surface area (Å²) in [4.78, 5) is 24.3. The molecule has 0 unspecified atom stereocenters. The van der Waals surface area contributed by atoms with Crippen molar-refractivity contribution >= 4 is 98.5 Å². The fourth-order valence-electron chi connectivity index (χ4n) is 2.09. The van der Waals surface area contributed by atoms with E-state index in [1.54, 1.807) is 24.3 Å². The standard InChI is InChI=1S/C16H14Br4O5Te2/c1-23-15(21)11-7-3-5-9-13(11)26(17,18)25-27(19,20)14-10-6-4-8-12(14)16(22)24-2/h3-10H,1-2H3. The monoisotopic (exact) mass is 862 g/mol. The van der Waals surface area contributed by atoms with Crippen LogP contribution in [0.3, 0.4) is 0 Å². The van der Waals surface area contributed by atoms with Crippen LogP contribution >= 0.6 is 51.0 Å². The van der Waals surface area contributed by atoms with Gasteiger partial charge in [-0.25, -0.2) is 0 Å². The number of esters is 2. The Bertz CT molecular complexity index is 791. The van der Waals surface area contributed by atoms with Gasteiger partial charge in [-0.05, 0) is 0 Å². The SMILES string of the molecule is COC(=O)c1ccccc1[Te](Br)(Br)O[Te](Br)(Br)c1ccccc1C(=O)OC. The average Bonchev–Trinajstić information content (AvgIpc) is 2.66. The van der Waals surface area contributed by atoms with Gasteiger partial charge in [-0.3, -0.25) is 0 Å². The molecule has 5 nitrogen and oxygen atoms in total. The predicted octanol–water partition coefficient (Wildman–Crippen LogP) is 3.85. The van der Waals surface area contributed by atoms with E-state index in [1.165, 1.54) is 14.2 Å². The molecule has 0 atom stereocenters. The summed E-state index contributed by atoms with van der Waals surface area (Å²) in [5.74, 6) is -0.887. The van der Waals surface area contributed by atoms with Crippen LogP contribution in [0, 0.1) is 0 Å². The number of hydrogen-bond donors (Lipinski definition) is 0. The second kappa shape index (κ2) is 10.2.